The number of rotatable bonds is 4. The summed E-state index contributed by atoms with van der Waals surface area (Å²) in [7, 11) is 0. The van der Waals surface area contributed by atoms with Crippen molar-refractivity contribution in [3.63, 3.8) is 0 Å². The number of hydrogen-bond donors (Lipinski definition) is 2. The molecule has 11 heteroatoms. The first-order valence-corrected chi connectivity index (χ1v) is 10.6. The van der Waals surface area contributed by atoms with E-state index >= 15 is 0 Å². The van der Waals surface area contributed by atoms with Crippen molar-refractivity contribution in [2.75, 3.05) is 0 Å². The maximum Gasteiger partial charge on any atom is 0.434 e. The first kappa shape index (κ1) is 21.1. The minimum absolute atomic E-state index is 0.0451. The van der Waals surface area contributed by atoms with E-state index < -0.39 is 11.9 Å². The molecule has 0 saturated heterocycles. The number of halogens is 3. The van der Waals surface area contributed by atoms with Crippen LogP contribution in [0.1, 0.15) is 41.7 Å². The van der Waals surface area contributed by atoms with Crippen LogP contribution >= 0.6 is 0 Å². The monoisotopic (exact) mass is 455 g/mol. The molecule has 5 rings (SSSR count). The van der Waals surface area contributed by atoms with Crippen LogP contribution in [0, 0.1) is 5.92 Å². The molecule has 1 aliphatic rings. The van der Waals surface area contributed by atoms with Crippen LogP contribution < -0.4 is 5.32 Å². The summed E-state index contributed by atoms with van der Waals surface area (Å²) >= 11 is 0. The molecule has 1 amide bonds. The molecule has 4 heterocycles. The molecule has 8 nitrogen and oxygen atoms in total. The Morgan fingerprint density at radius 2 is 2.03 bits per heavy atom. The van der Waals surface area contributed by atoms with Crippen LogP contribution in [0.3, 0.4) is 0 Å². The molecule has 4 aromatic rings. The molecule has 33 heavy (non-hydrogen) atoms. The Bertz CT molecular complexity index is 1330. The fourth-order valence-corrected chi connectivity index (χ4v) is 4.14. The Labute approximate surface area is 186 Å². The van der Waals surface area contributed by atoms with E-state index in [1.807, 2.05) is 0 Å². The van der Waals surface area contributed by atoms with Crippen molar-refractivity contribution in [2.24, 2.45) is 10.9 Å². The molecule has 1 saturated carbocycles. The molecule has 0 spiro atoms. The Morgan fingerprint density at radius 1 is 1.21 bits per heavy atom. The zero-order valence-corrected chi connectivity index (χ0v) is 17.4. The number of aromatic nitrogens is 5. The molecule has 0 bridgehead atoms. The van der Waals surface area contributed by atoms with Gasteiger partial charge in [-0.25, -0.2) is 15.0 Å². The summed E-state index contributed by atoms with van der Waals surface area (Å²) in [6.07, 6.45) is 4.62. The fraction of sp³-hybridized carbons (Fsp3) is 0.318. The number of amides is 1. The lowest BCUT2D eigenvalue weighted by atomic mass is 9.86. The van der Waals surface area contributed by atoms with Crippen LogP contribution in [-0.2, 0) is 6.18 Å². The highest BCUT2D eigenvalue weighted by Gasteiger charge is 2.34. The van der Waals surface area contributed by atoms with E-state index in [1.165, 1.54) is 10.5 Å². The van der Waals surface area contributed by atoms with Gasteiger partial charge in [0.2, 0.25) is 0 Å². The average Bonchev–Trinajstić information content (AvgIpc) is 3.45. The average molecular weight is 455 g/mol. The number of fused-ring (bicyclic) bond motifs is 2. The number of carbonyl (C=O) groups is 1. The zero-order chi connectivity index (χ0) is 23.0. The maximum absolute atomic E-state index is 13.0. The van der Waals surface area contributed by atoms with Crippen molar-refractivity contribution < 1.29 is 18.0 Å². The van der Waals surface area contributed by atoms with E-state index in [2.05, 4.69) is 30.5 Å². The fourth-order valence-electron chi connectivity index (χ4n) is 4.14. The van der Waals surface area contributed by atoms with Crippen molar-refractivity contribution >= 4 is 34.6 Å². The highest BCUT2D eigenvalue weighted by molar-refractivity contribution is 6.05. The summed E-state index contributed by atoms with van der Waals surface area (Å²) in [5, 5.41) is 10.4. The third kappa shape index (κ3) is 4.30. The minimum Gasteiger partial charge on any atom is -0.349 e. The van der Waals surface area contributed by atoms with Gasteiger partial charge in [-0.3, -0.25) is 14.3 Å². The largest absolute Gasteiger partial charge is 0.434 e. The van der Waals surface area contributed by atoms with Crippen LogP contribution in [0.15, 0.2) is 47.8 Å². The first-order chi connectivity index (χ1) is 15.9. The number of nitrogens with zero attached hydrogens (tertiary/aromatic N) is 5. The van der Waals surface area contributed by atoms with E-state index in [4.69, 9.17) is 0 Å². The van der Waals surface area contributed by atoms with E-state index in [9.17, 15) is 18.0 Å². The number of carbonyl (C=O) groups excluding carboxylic acids is 1. The maximum atomic E-state index is 13.0. The molecule has 1 fully saturated rings. The number of pyridine rings is 2. The summed E-state index contributed by atoms with van der Waals surface area (Å²) in [5.41, 5.74) is 0.358. The molecule has 0 atom stereocenters. The van der Waals surface area contributed by atoms with E-state index in [-0.39, 0.29) is 23.5 Å². The molecular weight excluding hydrogens is 435 g/mol. The lowest BCUT2D eigenvalue weighted by Crippen LogP contribution is -2.37. The number of H-pyrrole nitrogens is 1. The Hall–Kier alpha value is -3.76. The van der Waals surface area contributed by atoms with Crippen molar-refractivity contribution in [3.05, 3.63) is 54.1 Å². The summed E-state index contributed by atoms with van der Waals surface area (Å²) in [6.45, 7) is 0. The number of aliphatic imine (C=N–C) groups is 1. The van der Waals surface area contributed by atoms with E-state index in [0.717, 1.165) is 31.9 Å². The smallest absolute Gasteiger partial charge is 0.349 e. The van der Waals surface area contributed by atoms with Gasteiger partial charge in [0, 0.05) is 24.7 Å². The van der Waals surface area contributed by atoms with Crippen LogP contribution in [0.25, 0.3) is 16.7 Å². The Balaban J connectivity index is 1.22. The zero-order valence-electron chi connectivity index (χ0n) is 17.4. The molecular formula is C22H20F3N7O. The summed E-state index contributed by atoms with van der Waals surface area (Å²) in [5.74, 6) is 0.418. The van der Waals surface area contributed by atoms with E-state index in [0.29, 0.717) is 22.4 Å². The van der Waals surface area contributed by atoms with Gasteiger partial charge in [0.05, 0.1) is 17.1 Å². The van der Waals surface area contributed by atoms with Crippen molar-refractivity contribution in [3.8, 4) is 0 Å². The number of alkyl halides is 3. The van der Waals surface area contributed by atoms with Gasteiger partial charge < -0.3 is 5.32 Å². The van der Waals surface area contributed by atoms with E-state index in [1.54, 1.807) is 36.8 Å². The highest BCUT2D eigenvalue weighted by atomic mass is 19.4. The van der Waals surface area contributed by atoms with Gasteiger partial charge in [0.25, 0.3) is 5.91 Å². The van der Waals surface area contributed by atoms with Crippen molar-refractivity contribution in [1.29, 1.82) is 0 Å². The van der Waals surface area contributed by atoms with Crippen LogP contribution in [-0.4, -0.2) is 42.7 Å². The molecule has 0 aliphatic heterocycles. The van der Waals surface area contributed by atoms with Gasteiger partial charge in [-0.2, -0.15) is 18.3 Å². The lowest BCUT2D eigenvalue weighted by molar-refractivity contribution is -0.140. The van der Waals surface area contributed by atoms with Crippen molar-refractivity contribution in [2.45, 2.75) is 37.9 Å². The SMILES string of the molecule is O=C(NC1CCC(/C=N/c2cccc3nc(C(F)(F)F)cn23)CC1)c1ccnc2[nH]ncc12. The minimum atomic E-state index is -4.50. The normalized spacial score (nSPS) is 19.5. The molecule has 2 N–H and O–H groups in total. The molecule has 0 aromatic carbocycles. The van der Waals surface area contributed by atoms with Crippen LogP contribution in [0.4, 0.5) is 19.0 Å². The number of hydrogen-bond acceptors (Lipinski definition) is 5. The Morgan fingerprint density at radius 3 is 2.82 bits per heavy atom. The second kappa shape index (κ2) is 8.30. The summed E-state index contributed by atoms with van der Waals surface area (Å²) < 4.78 is 40.3. The highest BCUT2D eigenvalue weighted by Crippen LogP contribution is 2.30. The summed E-state index contributed by atoms with van der Waals surface area (Å²) in [4.78, 5) is 24.9. The third-order valence-corrected chi connectivity index (χ3v) is 5.88. The lowest BCUT2D eigenvalue weighted by Gasteiger charge is -2.27. The van der Waals surface area contributed by atoms with Gasteiger partial charge in [-0.15, -0.1) is 0 Å². The molecule has 0 radical (unpaired) electrons. The third-order valence-electron chi connectivity index (χ3n) is 5.88. The molecule has 4 aromatic heterocycles. The predicted molar refractivity (Wildman–Crippen MR) is 115 cm³/mol. The van der Waals surface area contributed by atoms with Gasteiger partial charge in [-0.05, 0) is 49.8 Å². The van der Waals surface area contributed by atoms with Crippen LogP contribution in [0.2, 0.25) is 0 Å². The van der Waals surface area contributed by atoms with Gasteiger partial charge >= 0.3 is 6.18 Å². The van der Waals surface area contributed by atoms with Gasteiger partial charge in [0.15, 0.2) is 11.3 Å². The topological polar surface area (TPSA) is 100 Å². The standard InChI is InChI=1S/C22H20F3N7O/c23-22(24,25)17-12-32-18(2-1-3-19(32)30-17)27-10-13-4-6-14(7-5-13)29-21(33)15-8-9-26-20-16(15)11-28-31-20/h1-3,8-14H,4-7H2,(H,29,33)(H,26,28,31)/b27-10+. The van der Waals surface area contributed by atoms with Crippen molar-refractivity contribution in [1.82, 2.24) is 29.9 Å². The molecule has 0 unspecified atom stereocenters. The second-order valence-corrected chi connectivity index (χ2v) is 8.09. The first-order valence-electron chi connectivity index (χ1n) is 10.6. The van der Waals surface area contributed by atoms with Gasteiger partial charge in [-0.1, -0.05) is 6.07 Å². The number of imidazole rings is 1. The number of aromatic amines is 1. The predicted octanol–water partition coefficient (Wildman–Crippen LogP) is 4.32. The van der Waals surface area contributed by atoms with Crippen LogP contribution in [0.5, 0.6) is 0 Å². The van der Waals surface area contributed by atoms with Gasteiger partial charge in [0.1, 0.15) is 11.5 Å². The molecule has 170 valence electrons. The Kier molecular flexibility index (Phi) is 5.31. The summed E-state index contributed by atoms with van der Waals surface area (Å²) in [6, 6.07) is 6.53. The second-order valence-electron chi connectivity index (χ2n) is 8.09. The number of nitrogens with one attached hydrogen (secondary N) is 2. The quantitative estimate of drug-likeness (QED) is 0.448. The molecule has 1 aliphatic carbocycles.